The van der Waals surface area contributed by atoms with Gasteiger partial charge in [0.2, 0.25) is 0 Å². The first-order chi connectivity index (χ1) is 10.1. The number of nitrogens with zero attached hydrogens (tertiary/aromatic N) is 1. The van der Waals surface area contributed by atoms with Gasteiger partial charge in [-0.2, -0.15) is 0 Å². The molecule has 1 aromatic rings. The first kappa shape index (κ1) is 14.8. The van der Waals surface area contributed by atoms with Gasteiger partial charge in [0.15, 0.2) is 0 Å². The maximum atomic E-state index is 12.1. The lowest BCUT2D eigenvalue weighted by Gasteiger charge is -2.37. The first-order valence-corrected chi connectivity index (χ1v) is 8.30. The van der Waals surface area contributed by atoms with Gasteiger partial charge in [-0.05, 0) is 44.4 Å². The van der Waals surface area contributed by atoms with E-state index in [4.69, 9.17) is 9.72 Å². The highest BCUT2D eigenvalue weighted by Gasteiger charge is 2.38. The van der Waals surface area contributed by atoms with E-state index in [0.29, 0.717) is 5.92 Å². The summed E-state index contributed by atoms with van der Waals surface area (Å²) < 4.78 is 5.85. The predicted molar refractivity (Wildman–Crippen MR) is 82.4 cm³/mol. The molecule has 0 saturated heterocycles. The van der Waals surface area contributed by atoms with Crippen molar-refractivity contribution in [3.63, 3.8) is 0 Å². The molecule has 0 unspecified atom stereocenters. The Labute approximate surface area is 126 Å². The maximum absolute atomic E-state index is 12.1. The zero-order valence-electron chi connectivity index (χ0n) is 13.2. The lowest BCUT2D eigenvalue weighted by molar-refractivity contribution is -0.0600. The van der Waals surface area contributed by atoms with Crippen molar-refractivity contribution in [2.45, 2.75) is 69.8 Å². The number of aromatic amines is 1. The van der Waals surface area contributed by atoms with Crippen LogP contribution < -0.4 is 5.56 Å². The second-order valence-electron chi connectivity index (χ2n) is 6.88. The molecule has 0 radical (unpaired) electrons. The van der Waals surface area contributed by atoms with Crippen LogP contribution in [0.1, 0.15) is 75.7 Å². The zero-order valence-corrected chi connectivity index (χ0v) is 13.2. The molecule has 2 aliphatic carbocycles. The lowest BCUT2D eigenvalue weighted by atomic mass is 9.79. The number of aromatic nitrogens is 2. The molecule has 3 rings (SSSR count). The fourth-order valence-corrected chi connectivity index (χ4v) is 3.89. The highest BCUT2D eigenvalue weighted by Crippen LogP contribution is 2.41. The Hall–Kier alpha value is -1.16. The van der Waals surface area contributed by atoms with Gasteiger partial charge in [0, 0.05) is 19.1 Å². The Morgan fingerprint density at radius 3 is 2.52 bits per heavy atom. The van der Waals surface area contributed by atoms with Crippen LogP contribution in [-0.2, 0) is 10.3 Å². The molecule has 0 atom stereocenters. The second kappa shape index (κ2) is 5.91. The van der Waals surface area contributed by atoms with Gasteiger partial charge < -0.3 is 9.72 Å². The van der Waals surface area contributed by atoms with E-state index in [-0.39, 0.29) is 11.2 Å². The van der Waals surface area contributed by atoms with E-state index >= 15 is 0 Å². The Kier molecular flexibility index (Phi) is 4.16. The quantitative estimate of drug-likeness (QED) is 0.927. The van der Waals surface area contributed by atoms with Crippen LogP contribution in [0, 0.1) is 5.92 Å². The first-order valence-electron chi connectivity index (χ1n) is 8.30. The fraction of sp³-hybridized carbons (Fsp3) is 0.765. The van der Waals surface area contributed by atoms with Gasteiger partial charge >= 0.3 is 0 Å². The van der Waals surface area contributed by atoms with E-state index in [0.717, 1.165) is 56.0 Å². The van der Waals surface area contributed by atoms with Crippen molar-refractivity contribution in [2.24, 2.45) is 5.92 Å². The monoisotopic (exact) mass is 290 g/mol. The molecule has 2 fully saturated rings. The molecule has 0 bridgehead atoms. The highest BCUT2D eigenvalue weighted by atomic mass is 16.5. The van der Waals surface area contributed by atoms with Gasteiger partial charge in [-0.25, -0.2) is 4.98 Å². The van der Waals surface area contributed by atoms with Crippen LogP contribution in [0.2, 0.25) is 0 Å². The van der Waals surface area contributed by atoms with Gasteiger partial charge in [-0.3, -0.25) is 4.79 Å². The summed E-state index contributed by atoms with van der Waals surface area (Å²) in [4.78, 5) is 19.9. The molecule has 21 heavy (non-hydrogen) atoms. The molecule has 0 amide bonds. The van der Waals surface area contributed by atoms with Crippen molar-refractivity contribution in [1.29, 1.82) is 0 Å². The lowest BCUT2D eigenvalue weighted by Crippen LogP contribution is -2.37. The molecule has 1 N–H and O–H groups in total. The van der Waals surface area contributed by atoms with Gasteiger partial charge in [0.1, 0.15) is 11.4 Å². The number of H-pyrrole nitrogens is 1. The number of methoxy groups -OCH3 is 1. The van der Waals surface area contributed by atoms with E-state index in [1.54, 1.807) is 13.2 Å². The van der Waals surface area contributed by atoms with Gasteiger partial charge in [0.05, 0.1) is 5.69 Å². The maximum Gasteiger partial charge on any atom is 0.251 e. The molecule has 116 valence electrons. The number of hydrogen-bond acceptors (Lipinski definition) is 3. The molecule has 4 nitrogen and oxygen atoms in total. The van der Waals surface area contributed by atoms with Gasteiger partial charge in [0.25, 0.3) is 5.56 Å². The summed E-state index contributed by atoms with van der Waals surface area (Å²) in [5.41, 5.74) is 0.554. The minimum atomic E-state index is -0.389. The van der Waals surface area contributed by atoms with E-state index < -0.39 is 0 Å². The summed E-state index contributed by atoms with van der Waals surface area (Å²) in [5.74, 6) is 1.95. The van der Waals surface area contributed by atoms with Crippen molar-refractivity contribution in [1.82, 2.24) is 9.97 Å². The van der Waals surface area contributed by atoms with Crippen LogP contribution in [0.5, 0.6) is 0 Å². The third-order valence-electron chi connectivity index (χ3n) is 5.44. The largest absolute Gasteiger partial charge is 0.370 e. The minimum Gasteiger partial charge on any atom is -0.370 e. The zero-order chi connectivity index (χ0) is 14.9. The average molecular weight is 290 g/mol. The Bertz CT molecular complexity index is 538. The van der Waals surface area contributed by atoms with Crippen LogP contribution in [-0.4, -0.2) is 17.1 Å². The van der Waals surface area contributed by atoms with Crippen molar-refractivity contribution in [3.05, 3.63) is 27.9 Å². The molecule has 0 aromatic carbocycles. The molecule has 1 aromatic heterocycles. The topological polar surface area (TPSA) is 55.0 Å². The minimum absolute atomic E-state index is 0.0306. The Morgan fingerprint density at radius 2 is 1.90 bits per heavy atom. The number of nitrogens with one attached hydrogen (secondary N) is 1. The van der Waals surface area contributed by atoms with Crippen molar-refractivity contribution < 1.29 is 4.74 Å². The van der Waals surface area contributed by atoms with E-state index in [2.05, 4.69) is 11.9 Å². The molecule has 0 aliphatic heterocycles. The molecule has 2 aliphatic rings. The number of ether oxygens (including phenoxy) is 1. The number of rotatable bonds is 3. The molecule has 2 saturated carbocycles. The van der Waals surface area contributed by atoms with Gasteiger partial charge in [-0.15, -0.1) is 0 Å². The van der Waals surface area contributed by atoms with E-state index in [1.165, 1.54) is 12.8 Å². The van der Waals surface area contributed by atoms with E-state index in [9.17, 15) is 4.79 Å². The smallest absolute Gasteiger partial charge is 0.251 e. The normalized spacial score (nSPS) is 30.7. The number of hydrogen-bond donors (Lipinski definition) is 1. The van der Waals surface area contributed by atoms with Crippen LogP contribution in [0.15, 0.2) is 10.9 Å². The van der Waals surface area contributed by atoms with Crippen LogP contribution >= 0.6 is 0 Å². The summed E-state index contributed by atoms with van der Waals surface area (Å²) in [7, 11) is 1.75. The summed E-state index contributed by atoms with van der Waals surface area (Å²) in [5, 5.41) is 0. The average Bonchev–Trinajstić information content (AvgIpc) is 3.02. The summed E-state index contributed by atoms with van der Waals surface area (Å²) in [6.07, 6.45) is 8.97. The van der Waals surface area contributed by atoms with Crippen molar-refractivity contribution in [3.8, 4) is 0 Å². The third-order valence-corrected chi connectivity index (χ3v) is 5.44. The van der Waals surface area contributed by atoms with Crippen molar-refractivity contribution in [2.75, 3.05) is 7.11 Å². The molecule has 1 heterocycles. The summed E-state index contributed by atoms with van der Waals surface area (Å²) in [6, 6.07) is 1.69. The predicted octanol–water partition coefficient (Wildman–Crippen LogP) is 3.48. The summed E-state index contributed by atoms with van der Waals surface area (Å²) >= 11 is 0. The Balaban J connectivity index is 1.94. The molecular formula is C17H26N2O2. The Morgan fingerprint density at radius 1 is 1.24 bits per heavy atom. The van der Waals surface area contributed by atoms with Crippen LogP contribution in [0.3, 0.4) is 0 Å². The third kappa shape index (κ3) is 2.91. The summed E-state index contributed by atoms with van der Waals surface area (Å²) in [6.45, 7) is 2.28. The van der Waals surface area contributed by atoms with Crippen LogP contribution in [0.4, 0.5) is 0 Å². The molecule has 4 heteroatoms. The SMILES string of the molecule is COC1(c2nc(C3CCCC3)cc(=O)[nH]2)CCC(C)CC1. The molecular weight excluding hydrogens is 264 g/mol. The molecule has 0 spiro atoms. The van der Waals surface area contributed by atoms with Crippen molar-refractivity contribution >= 4 is 0 Å². The fourth-order valence-electron chi connectivity index (χ4n) is 3.89. The second-order valence-corrected chi connectivity index (χ2v) is 6.88. The van der Waals surface area contributed by atoms with Crippen LogP contribution in [0.25, 0.3) is 0 Å². The highest BCUT2D eigenvalue weighted by molar-refractivity contribution is 5.14. The van der Waals surface area contributed by atoms with Gasteiger partial charge in [-0.1, -0.05) is 19.8 Å². The van der Waals surface area contributed by atoms with E-state index in [1.807, 2.05) is 0 Å². The standard InChI is InChI=1S/C17H26N2O2/c1-12-7-9-17(21-2,10-8-12)16-18-14(11-15(20)19-16)13-5-3-4-6-13/h11-13H,3-10H2,1-2H3,(H,18,19,20).